The number of carbonyl (C=O) groups is 2. The van der Waals surface area contributed by atoms with Gasteiger partial charge in [-0.15, -0.1) is 0 Å². The lowest BCUT2D eigenvalue weighted by Crippen LogP contribution is -2.33. The fourth-order valence-corrected chi connectivity index (χ4v) is 12.1. The molecule has 6 N–H and O–H groups in total. The van der Waals surface area contributed by atoms with E-state index in [2.05, 4.69) is 87.4 Å². The number of nitrogens with zero attached hydrogens (tertiary/aromatic N) is 9. The molecular weight excluding hydrogens is 965 g/mol. The fraction of sp³-hybridized carbons (Fsp3) is 0.617. The number of anilines is 3. The molecule has 8 rings (SSSR count). The summed E-state index contributed by atoms with van der Waals surface area (Å²) in [7, 11) is -2.25. The Morgan fingerprint density at radius 3 is 1.67 bits per heavy atom. The Hall–Kier alpha value is -4.12. The van der Waals surface area contributed by atoms with Crippen LogP contribution in [0.25, 0.3) is 11.3 Å². The Kier molecular flexibility index (Phi) is 24.9. The second-order valence-electron chi connectivity index (χ2n) is 19.6. The zero-order valence-corrected chi connectivity index (χ0v) is 46.2. The van der Waals surface area contributed by atoms with Crippen LogP contribution < -0.4 is 16.4 Å². The number of aromatic nitrogens is 8. The molecule has 3 aliphatic heterocycles. The molecular formula is C47H76N12O5S3Si2. The highest BCUT2D eigenvalue weighted by atomic mass is 32.2. The van der Waals surface area contributed by atoms with Crippen LogP contribution in [0.3, 0.4) is 0 Å². The van der Waals surface area contributed by atoms with E-state index in [9.17, 15) is 4.79 Å². The number of rotatable bonds is 15. The average Bonchev–Trinajstić information content (AvgIpc) is 4.12. The molecule has 380 valence electrons. The highest BCUT2D eigenvalue weighted by molar-refractivity contribution is 7.99. The number of ketones is 1. The second-order valence-corrected chi connectivity index (χ2v) is 34.5. The number of nitriles is 1. The molecule has 0 unspecified atom stereocenters. The van der Waals surface area contributed by atoms with E-state index < -0.39 is 22.1 Å². The molecule has 0 atom stereocenters. The Balaban J connectivity index is 0.000000229. The smallest absolute Gasteiger partial charge is 0.300 e. The summed E-state index contributed by atoms with van der Waals surface area (Å²) in [5.74, 6) is 9.99. The second kappa shape index (κ2) is 29.9. The van der Waals surface area contributed by atoms with Gasteiger partial charge in [0.05, 0.1) is 31.1 Å². The van der Waals surface area contributed by atoms with E-state index >= 15 is 0 Å². The fourth-order valence-electron chi connectivity index (χ4n) is 7.29. The van der Waals surface area contributed by atoms with Crippen LogP contribution in [-0.4, -0.2) is 134 Å². The number of nitrogens with two attached hydrogens (primary N) is 2. The van der Waals surface area contributed by atoms with Crippen molar-refractivity contribution in [1.29, 1.82) is 5.26 Å². The zero-order valence-electron chi connectivity index (χ0n) is 41.8. The van der Waals surface area contributed by atoms with Crippen LogP contribution in [0.1, 0.15) is 75.1 Å². The normalized spacial score (nSPS) is 15.8. The van der Waals surface area contributed by atoms with Gasteiger partial charge in [0, 0.05) is 89.7 Å². The molecule has 17 nitrogen and oxygen atoms in total. The van der Waals surface area contributed by atoms with E-state index in [-0.39, 0.29) is 18.1 Å². The van der Waals surface area contributed by atoms with Gasteiger partial charge in [-0.1, -0.05) is 39.3 Å². The number of aromatic amines is 1. The van der Waals surface area contributed by atoms with Gasteiger partial charge in [-0.3, -0.25) is 14.7 Å². The van der Waals surface area contributed by atoms with Gasteiger partial charge in [-0.25, -0.2) is 9.97 Å². The summed E-state index contributed by atoms with van der Waals surface area (Å²) in [6.45, 7) is 18.0. The van der Waals surface area contributed by atoms with Gasteiger partial charge < -0.3 is 30.9 Å². The maximum absolute atomic E-state index is 11.2. The predicted octanol–water partition coefficient (Wildman–Crippen LogP) is 9.39. The van der Waals surface area contributed by atoms with Crippen LogP contribution in [0.2, 0.25) is 51.4 Å². The Labute approximate surface area is 423 Å². The molecule has 0 spiro atoms. The number of H-pyrrole nitrogens is 1. The highest BCUT2D eigenvalue weighted by Gasteiger charge is 2.24. The van der Waals surface area contributed by atoms with E-state index in [0.717, 1.165) is 79.4 Å². The lowest BCUT2D eigenvalue weighted by molar-refractivity contribution is -0.134. The summed E-state index contributed by atoms with van der Waals surface area (Å²) in [5, 5.41) is 30.5. The minimum absolute atomic E-state index is 0.106. The largest absolute Gasteiger partial charge is 0.481 e. The van der Waals surface area contributed by atoms with Crippen molar-refractivity contribution in [3.8, 4) is 6.07 Å². The van der Waals surface area contributed by atoms with Crippen molar-refractivity contribution in [3.63, 3.8) is 0 Å². The maximum Gasteiger partial charge on any atom is 0.300 e. The molecule has 0 saturated carbocycles. The summed E-state index contributed by atoms with van der Waals surface area (Å²) in [4.78, 5) is 31.9. The quantitative estimate of drug-likeness (QED) is 0.0434. The van der Waals surface area contributed by atoms with Crippen molar-refractivity contribution in [2.75, 3.05) is 77.6 Å². The van der Waals surface area contributed by atoms with Crippen molar-refractivity contribution in [1.82, 2.24) is 39.4 Å². The summed E-state index contributed by atoms with van der Waals surface area (Å²) in [6, 6.07) is 14.0. The third-order valence-electron chi connectivity index (χ3n) is 11.3. The van der Waals surface area contributed by atoms with Crippen LogP contribution in [0.4, 0.5) is 17.5 Å². The van der Waals surface area contributed by atoms with Crippen LogP contribution in [0.5, 0.6) is 0 Å². The van der Waals surface area contributed by atoms with Gasteiger partial charge in [-0.05, 0) is 91.2 Å². The van der Waals surface area contributed by atoms with Gasteiger partial charge >= 0.3 is 0 Å². The molecule has 3 fully saturated rings. The Morgan fingerprint density at radius 2 is 1.23 bits per heavy atom. The zero-order chi connectivity index (χ0) is 50.2. The maximum atomic E-state index is 11.2. The van der Waals surface area contributed by atoms with Crippen molar-refractivity contribution < 1.29 is 24.2 Å². The summed E-state index contributed by atoms with van der Waals surface area (Å²) >= 11 is 5.98. The van der Waals surface area contributed by atoms with Crippen LogP contribution >= 0.6 is 35.3 Å². The van der Waals surface area contributed by atoms with Crippen LogP contribution in [0.15, 0.2) is 48.9 Å². The molecule has 0 amide bonds. The molecule has 3 aliphatic rings. The van der Waals surface area contributed by atoms with Gasteiger partial charge in [0.1, 0.15) is 36.7 Å². The summed E-state index contributed by atoms with van der Waals surface area (Å²) in [6.07, 6.45) is 12.0. The number of aliphatic carboxylic acids is 1. The van der Waals surface area contributed by atoms with Crippen molar-refractivity contribution in [2.24, 2.45) is 5.92 Å². The number of carboxylic acid groups (broad SMARTS) is 1. The van der Waals surface area contributed by atoms with E-state index in [0.29, 0.717) is 36.9 Å². The lowest BCUT2D eigenvalue weighted by Gasteiger charge is -2.28. The molecule has 22 heteroatoms. The summed E-state index contributed by atoms with van der Waals surface area (Å²) < 4.78 is 15.9. The number of ether oxygens (including phenoxy) is 2. The third-order valence-corrected chi connectivity index (χ3v) is 17.9. The predicted molar refractivity (Wildman–Crippen MR) is 291 cm³/mol. The number of thioether (sulfide) groups is 3. The number of Topliss-reactive ketones (excluding diaryl/α,β-unsaturated/α-hetero) is 1. The molecule has 69 heavy (non-hydrogen) atoms. The number of carbonyl (C=O) groups excluding carboxylic acids is 1. The molecule has 3 saturated heterocycles. The van der Waals surface area contributed by atoms with Crippen molar-refractivity contribution >= 4 is 91.9 Å². The third kappa shape index (κ3) is 21.8. The van der Waals surface area contributed by atoms with Gasteiger partial charge in [0.15, 0.2) is 11.3 Å². The number of fused-ring (bicyclic) bond motifs is 2. The molecule has 0 aromatic carbocycles. The average molecular weight is 1040 g/mol. The Bertz CT molecular complexity index is 2270. The van der Waals surface area contributed by atoms with Gasteiger partial charge in [0.2, 0.25) is 0 Å². The van der Waals surface area contributed by atoms with Gasteiger partial charge in [0.25, 0.3) is 5.97 Å². The number of carboxylic acids is 1. The first-order valence-electron chi connectivity index (χ1n) is 23.9. The first-order valence-corrected chi connectivity index (χ1v) is 34.7. The molecule has 0 bridgehead atoms. The molecule has 0 radical (unpaired) electrons. The number of nitrogen functional groups attached to an aromatic ring is 2. The van der Waals surface area contributed by atoms with Crippen molar-refractivity contribution in [3.05, 3.63) is 60.3 Å². The number of hydrogen-bond acceptors (Lipinski definition) is 16. The molecule has 8 heterocycles. The van der Waals surface area contributed by atoms with Crippen LogP contribution in [-0.2, 0) is 19.1 Å². The van der Waals surface area contributed by atoms with E-state index in [1.165, 1.54) is 54.4 Å². The monoisotopic (exact) mass is 1040 g/mol. The standard InChI is InChI=1S/C23H42N4O2SSi2.C11H14N4S.C8H11NOS.C3H5N3.C2H4O2/c1-31(2,3)15-11-28-18-26(19-29-12-16-32(4,5)6)23-17-21(20-8-13-30-14-9-20)25-22-7-10-24-27(22)23;12-10-7-9(8-2-5-16-6-3-8)14-11-1-4-13-15(10)11;9-4-1-8(10)7-2-5-11-6-3-7;4-3-1-2-5-6-3;1-2(3)4/h7,10,17,20H,8-9,11-16,18-19H2,1-6H3;1,4,7-8H,2-3,5-6,12H2;7H,1-3,5-6H2;1-2H,(H3,4,5,6);1H3,(H,3,4). The first kappa shape index (κ1) is 57.5. The van der Waals surface area contributed by atoms with E-state index in [1.54, 1.807) is 23.0 Å². The SMILES string of the molecule is CC(=O)O.C[Si](C)(C)CCOCN(COCC[Si](C)(C)C)c1cc(C2CCSCC2)nc2ccnn12.N#CCC(=O)C1CCSCC1.Nc1cc(C2CCSCC2)nc2ccnn12.Nc1ccn[nH]1. The molecule has 5 aromatic heterocycles. The Morgan fingerprint density at radius 1 is 0.768 bits per heavy atom. The minimum Gasteiger partial charge on any atom is -0.481 e. The van der Waals surface area contributed by atoms with Crippen LogP contribution in [0, 0.1) is 17.2 Å². The highest BCUT2D eigenvalue weighted by Crippen LogP contribution is 2.33. The molecule has 5 aromatic rings. The number of hydrogen-bond donors (Lipinski definition) is 4. The first-order chi connectivity index (χ1) is 32.9. The van der Waals surface area contributed by atoms with E-state index in [1.807, 2.05) is 58.5 Å². The minimum atomic E-state index is -1.12. The molecule has 0 aliphatic carbocycles. The lowest BCUT2D eigenvalue weighted by atomic mass is 9.96. The number of nitrogens with one attached hydrogen (secondary N) is 1. The summed E-state index contributed by atoms with van der Waals surface area (Å²) in [5.41, 5.74) is 15.2. The van der Waals surface area contributed by atoms with Gasteiger partial charge in [-0.2, -0.15) is 64.9 Å². The van der Waals surface area contributed by atoms with Crippen molar-refractivity contribution in [2.45, 2.75) is 115 Å². The topological polar surface area (TPSA) is 241 Å². The van der Waals surface area contributed by atoms with E-state index in [4.69, 9.17) is 41.1 Å².